The first kappa shape index (κ1) is 7.14. The second-order valence-corrected chi connectivity index (χ2v) is 1.58. The van der Waals surface area contributed by atoms with E-state index in [1.54, 1.807) is 0 Å². The molecule has 3 nitrogen and oxygen atoms in total. The third-order valence-electron chi connectivity index (χ3n) is 0.204. The van der Waals surface area contributed by atoms with Crippen molar-refractivity contribution < 1.29 is 9.08 Å². The van der Waals surface area contributed by atoms with Crippen molar-refractivity contribution in [2.75, 3.05) is 0 Å². The molecule has 0 radical (unpaired) electrons. The van der Waals surface area contributed by atoms with E-state index in [1.807, 2.05) is 0 Å². The summed E-state index contributed by atoms with van der Waals surface area (Å²) in [5.74, 6) is 0. The van der Waals surface area contributed by atoms with E-state index < -0.39 is 6.09 Å². The average Bonchev–Trinajstić information content (AvgIpc) is 1.65. The van der Waals surface area contributed by atoms with Gasteiger partial charge in [-0.25, -0.2) is 4.79 Å². The molecule has 0 aromatic carbocycles. The predicted octanol–water partition coefficient (Wildman–Crippen LogP) is 1.89. The van der Waals surface area contributed by atoms with Crippen LogP contribution in [0.3, 0.4) is 0 Å². The molecule has 1 amide bonds. The van der Waals surface area contributed by atoms with Gasteiger partial charge in [-0.3, -0.25) is 0 Å². The lowest BCUT2D eigenvalue weighted by molar-refractivity contribution is 0.199. The molecule has 0 aliphatic heterocycles. The van der Waals surface area contributed by atoms with Crippen molar-refractivity contribution in [3.8, 4) is 0 Å². The zero-order valence-corrected chi connectivity index (χ0v) is 5.17. The summed E-state index contributed by atoms with van der Waals surface area (Å²) in [7, 11) is 0. The normalized spacial score (nSPS) is 7.86. The van der Waals surface area contributed by atoms with E-state index >= 15 is 0 Å². The average molecular weight is 164 g/mol. The van der Waals surface area contributed by atoms with Gasteiger partial charge < -0.3 is 4.29 Å². The predicted molar refractivity (Wildman–Crippen MR) is 25.9 cm³/mol. The maximum Gasteiger partial charge on any atom is 0.458 e. The van der Waals surface area contributed by atoms with Gasteiger partial charge >= 0.3 is 6.09 Å². The first-order valence-electron chi connectivity index (χ1n) is 1.12. The Bertz CT molecular complexity index is 73.3. The van der Waals surface area contributed by atoms with E-state index in [9.17, 15) is 4.79 Å². The Morgan fingerprint density at radius 2 is 2.00 bits per heavy atom. The molecule has 6 heteroatoms. The molecule has 0 saturated heterocycles. The van der Waals surface area contributed by atoms with Gasteiger partial charge in [0.2, 0.25) is 0 Å². The van der Waals surface area contributed by atoms with Crippen LogP contribution in [0.1, 0.15) is 0 Å². The molecule has 0 spiro atoms. The molecule has 42 valence electrons. The van der Waals surface area contributed by atoms with Gasteiger partial charge in [-0.1, -0.05) is 0 Å². The zero-order chi connectivity index (χ0) is 5.86. The fourth-order valence-electron chi connectivity index (χ4n) is 0.0261. The molecule has 0 unspecified atom stereocenters. The topological polar surface area (TPSA) is 29.5 Å². The number of halogens is 3. The summed E-state index contributed by atoms with van der Waals surface area (Å²) in [6, 6.07) is 0. The summed E-state index contributed by atoms with van der Waals surface area (Å²) in [4.78, 5) is 9.82. The molecule has 0 heterocycles. The van der Waals surface area contributed by atoms with Gasteiger partial charge in [-0.15, -0.1) is 3.94 Å². The van der Waals surface area contributed by atoms with Crippen LogP contribution < -0.4 is 0 Å². The third-order valence-corrected chi connectivity index (χ3v) is 0.612. The van der Waals surface area contributed by atoms with Crippen LogP contribution in [-0.4, -0.2) is 10.0 Å². The number of rotatable bonds is 0. The minimum atomic E-state index is -1.02. The van der Waals surface area contributed by atoms with Crippen molar-refractivity contribution in [3.05, 3.63) is 0 Å². The molecule has 0 saturated carbocycles. The molecule has 7 heavy (non-hydrogen) atoms. The van der Waals surface area contributed by atoms with E-state index in [0.717, 1.165) is 0 Å². The summed E-state index contributed by atoms with van der Waals surface area (Å²) < 4.78 is 3.68. The van der Waals surface area contributed by atoms with Gasteiger partial charge in [-0.05, 0) is 0 Å². The summed E-state index contributed by atoms with van der Waals surface area (Å²) in [5.41, 5.74) is 0. The van der Waals surface area contributed by atoms with Crippen LogP contribution in [0.4, 0.5) is 4.79 Å². The van der Waals surface area contributed by atoms with Crippen LogP contribution in [0.2, 0.25) is 0 Å². The first-order valence-corrected chi connectivity index (χ1v) is 2.11. The van der Waals surface area contributed by atoms with Crippen molar-refractivity contribution >= 4 is 41.5 Å². The van der Waals surface area contributed by atoms with Crippen LogP contribution in [-0.2, 0) is 4.29 Å². The number of hydrogen-bond donors (Lipinski definition) is 0. The standard InChI is InChI=1S/CCl3NO2/c2-5(3)1(6)7-4. The fourth-order valence-corrected chi connectivity index (χ4v) is 0.235. The molecular weight excluding hydrogens is 164 g/mol. The smallest absolute Gasteiger partial charge is 0.328 e. The monoisotopic (exact) mass is 163 g/mol. The maximum absolute atomic E-state index is 9.82. The van der Waals surface area contributed by atoms with Gasteiger partial charge in [0, 0.05) is 23.6 Å². The zero-order valence-electron chi connectivity index (χ0n) is 2.90. The van der Waals surface area contributed by atoms with Crippen LogP contribution in [0.25, 0.3) is 0 Å². The summed E-state index contributed by atoms with van der Waals surface area (Å²) in [6.45, 7) is 0. The number of carbonyl (C=O) groups is 1. The highest BCUT2D eigenvalue weighted by atomic mass is 35.5. The summed E-state index contributed by atoms with van der Waals surface area (Å²) in [6.07, 6.45) is -1.02. The molecule has 0 aliphatic rings. The minimum Gasteiger partial charge on any atom is -0.328 e. The van der Waals surface area contributed by atoms with E-state index in [2.05, 4.69) is 16.2 Å². The molecule has 0 atom stereocenters. The van der Waals surface area contributed by atoms with Gasteiger partial charge in [0.05, 0.1) is 0 Å². The molecular formula is CCl3NO2. The number of amides is 1. The SMILES string of the molecule is O=C(OCl)N(Cl)Cl. The van der Waals surface area contributed by atoms with Crippen molar-refractivity contribution in [3.63, 3.8) is 0 Å². The van der Waals surface area contributed by atoms with E-state index in [1.165, 1.54) is 0 Å². The highest BCUT2D eigenvalue weighted by molar-refractivity contribution is 6.41. The van der Waals surface area contributed by atoms with E-state index in [0.29, 0.717) is 0 Å². The van der Waals surface area contributed by atoms with E-state index in [-0.39, 0.29) is 3.94 Å². The Morgan fingerprint density at radius 1 is 1.57 bits per heavy atom. The van der Waals surface area contributed by atoms with Gasteiger partial charge in [0.25, 0.3) is 0 Å². The van der Waals surface area contributed by atoms with Gasteiger partial charge in [0.1, 0.15) is 11.9 Å². The molecule has 0 fully saturated rings. The van der Waals surface area contributed by atoms with Crippen molar-refractivity contribution in [1.82, 2.24) is 3.94 Å². The lowest BCUT2D eigenvalue weighted by Gasteiger charge is -1.94. The Hall–Kier alpha value is 0.140. The Balaban J connectivity index is 3.35. The van der Waals surface area contributed by atoms with Crippen molar-refractivity contribution in [2.24, 2.45) is 0 Å². The van der Waals surface area contributed by atoms with Crippen LogP contribution in [0.15, 0.2) is 0 Å². The second kappa shape index (κ2) is 3.18. The minimum absolute atomic E-state index is 0.174. The fraction of sp³-hybridized carbons (Fsp3) is 0. The van der Waals surface area contributed by atoms with Gasteiger partial charge in [0.15, 0.2) is 0 Å². The Labute approximate surface area is 55.1 Å². The van der Waals surface area contributed by atoms with Crippen molar-refractivity contribution in [2.45, 2.75) is 0 Å². The highest BCUT2D eigenvalue weighted by Gasteiger charge is 2.06. The first-order chi connectivity index (χ1) is 3.18. The van der Waals surface area contributed by atoms with Crippen LogP contribution in [0, 0.1) is 0 Å². The highest BCUT2D eigenvalue weighted by Crippen LogP contribution is 2.02. The lowest BCUT2D eigenvalue weighted by Crippen LogP contribution is -2.06. The largest absolute Gasteiger partial charge is 0.458 e. The van der Waals surface area contributed by atoms with E-state index in [4.69, 9.17) is 23.6 Å². The lowest BCUT2D eigenvalue weighted by atomic mass is 11.3. The van der Waals surface area contributed by atoms with Gasteiger partial charge in [-0.2, -0.15) is 0 Å². The van der Waals surface area contributed by atoms with Crippen LogP contribution in [0.5, 0.6) is 0 Å². The number of hydrogen-bond acceptors (Lipinski definition) is 2. The maximum atomic E-state index is 9.82. The summed E-state index contributed by atoms with van der Waals surface area (Å²) in [5, 5.41) is 0. The van der Waals surface area contributed by atoms with Crippen LogP contribution >= 0.6 is 35.4 Å². The molecule has 0 aliphatic carbocycles. The Kier molecular flexibility index (Phi) is 3.25. The molecule has 0 rings (SSSR count). The van der Waals surface area contributed by atoms with Crippen molar-refractivity contribution in [1.29, 1.82) is 0 Å². The third kappa shape index (κ3) is 2.79. The molecule has 0 aromatic rings. The summed E-state index contributed by atoms with van der Waals surface area (Å²) >= 11 is 14.0. The Morgan fingerprint density at radius 3 is 2.00 bits per heavy atom. The molecule has 0 aromatic heterocycles. The molecule has 0 bridgehead atoms. The number of carbonyl (C=O) groups excluding carboxylic acids is 1. The molecule has 0 N–H and O–H groups in total. The quantitative estimate of drug-likeness (QED) is 0.512. The number of nitrogens with zero attached hydrogens (tertiary/aromatic N) is 1. The second-order valence-electron chi connectivity index (χ2n) is 0.576.